The summed E-state index contributed by atoms with van der Waals surface area (Å²) in [4.78, 5) is 0. The van der Waals surface area contributed by atoms with Gasteiger partial charge in [0.25, 0.3) is 0 Å². The Balaban J connectivity index is 1.91. The SMILES string of the molecule is CCc1ccc(CNCc2cccc(C(F)(F)F)c2)o1. The largest absolute Gasteiger partial charge is 0.465 e. The molecule has 20 heavy (non-hydrogen) atoms. The Morgan fingerprint density at radius 3 is 2.45 bits per heavy atom. The van der Waals surface area contributed by atoms with E-state index in [1.807, 2.05) is 19.1 Å². The van der Waals surface area contributed by atoms with Crippen LogP contribution in [0.15, 0.2) is 40.8 Å². The van der Waals surface area contributed by atoms with E-state index in [2.05, 4.69) is 5.32 Å². The molecule has 0 saturated carbocycles. The fourth-order valence-electron chi connectivity index (χ4n) is 1.90. The Kier molecular flexibility index (Phi) is 4.49. The maximum Gasteiger partial charge on any atom is 0.416 e. The molecule has 0 fully saturated rings. The summed E-state index contributed by atoms with van der Waals surface area (Å²) in [5.41, 5.74) is -0.0230. The summed E-state index contributed by atoms with van der Waals surface area (Å²) in [5, 5.41) is 3.07. The van der Waals surface area contributed by atoms with Gasteiger partial charge in [-0.05, 0) is 23.8 Å². The van der Waals surface area contributed by atoms with Gasteiger partial charge in [-0.15, -0.1) is 0 Å². The second-order valence-corrected chi connectivity index (χ2v) is 4.52. The minimum absolute atomic E-state index is 0.367. The third-order valence-electron chi connectivity index (χ3n) is 2.95. The normalized spacial score (nSPS) is 11.8. The average Bonchev–Trinajstić information content (AvgIpc) is 2.86. The van der Waals surface area contributed by atoms with Crippen LogP contribution in [0.2, 0.25) is 0 Å². The summed E-state index contributed by atoms with van der Waals surface area (Å²) in [7, 11) is 0. The van der Waals surface area contributed by atoms with Crippen LogP contribution in [0.4, 0.5) is 13.2 Å². The Morgan fingerprint density at radius 2 is 1.80 bits per heavy atom. The molecule has 0 atom stereocenters. The maximum atomic E-state index is 12.6. The summed E-state index contributed by atoms with van der Waals surface area (Å²) in [6, 6.07) is 9.10. The molecule has 5 heteroatoms. The lowest BCUT2D eigenvalue weighted by molar-refractivity contribution is -0.137. The molecule has 0 bridgehead atoms. The first kappa shape index (κ1) is 14.7. The van der Waals surface area contributed by atoms with Gasteiger partial charge >= 0.3 is 6.18 Å². The highest BCUT2D eigenvalue weighted by atomic mass is 19.4. The van der Waals surface area contributed by atoms with Crippen molar-refractivity contribution < 1.29 is 17.6 Å². The molecule has 0 aliphatic rings. The van der Waals surface area contributed by atoms with Crippen LogP contribution in [0.1, 0.15) is 29.6 Å². The number of hydrogen-bond acceptors (Lipinski definition) is 2. The van der Waals surface area contributed by atoms with Gasteiger partial charge in [0, 0.05) is 13.0 Å². The Hall–Kier alpha value is -1.75. The molecular formula is C15H16F3NO. The van der Waals surface area contributed by atoms with Crippen LogP contribution in [0.3, 0.4) is 0 Å². The molecule has 2 rings (SSSR count). The summed E-state index contributed by atoms with van der Waals surface area (Å²) < 4.78 is 43.2. The Labute approximate surface area is 115 Å². The smallest absolute Gasteiger partial charge is 0.416 e. The van der Waals surface area contributed by atoms with E-state index >= 15 is 0 Å². The number of benzene rings is 1. The lowest BCUT2D eigenvalue weighted by Crippen LogP contribution is -2.13. The molecular weight excluding hydrogens is 267 g/mol. The van der Waals surface area contributed by atoms with E-state index in [9.17, 15) is 13.2 Å². The highest BCUT2D eigenvalue weighted by Gasteiger charge is 2.30. The first-order valence-electron chi connectivity index (χ1n) is 6.43. The quantitative estimate of drug-likeness (QED) is 0.891. The molecule has 0 aliphatic carbocycles. The first-order chi connectivity index (χ1) is 9.49. The summed E-state index contributed by atoms with van der Waals surface area (Å²) in [6.07, 6.45) is -3.47. The molecule has 0 unspecified atom stereocenters. The van der Waals surface area contributed by atoms with Crippen molar-refractivity contribution >= 4 is 0 Å². The number of alkyl halides is 3. The van der Waals surface area contributed by atoms with E-state index in [1.165, 1.54) is 6.07 Å². The number of nitrogens with one attached hydrogen (secondary N) is 1. The van der Waals surface area contributed by atoms with Gasteiger partial charge in [-0.1, -0.05) is 25.1 Å². The Bertz CT molecular complexity index is 560. The van der Waals surface area contributed by atoms with Crippen LogP contribution in [0.5, 0.6) is 0 Å². The predicted octanol–water partition coefficient (Wildman–Crippen LogP) is 4.15. The molecule has 0 amide bonds. The summed E-state index contributed by atoms with van der Waals surface area (Å²) >= 11 is 0. The third kappa shape index (κ3) is 3.87. The predicted molar refractivity (Wildman–Crippen MR) is 70.1 cm³/mol. The molecule has 2 nitrogen and oxygen atoms in total. The maximum absolute atomic E-state index is 12.6. The van der Waals surface area contributed by atoms with Crippen molar-refractivity contribution in [3.63, 3.8) is 0 Å². The molecule has 1 aromatic heterocycles. The molecule has 0 radical (unpaired) electrons. The Morgan fingerprint density at radius 1 is 1.05 bits per heavy atom. The number of rotatable bonds is 5. The fraction of sp³-hybridized carbons (Fsp3) is 0.333. The van der Waals surface area contributed by atoms with Crippen molar-refractivity contribution in [3.8, 4) is 0 Å². The van der Waals surface area contributed by atoms with E-state index < -0.39 is 11.7 Å². The molecule has 1 heterocycles. The first-order valence-corrected chi connectivity index (χ1v) is 6.43. The van der Waals surface area contributed by atoms with Gasteiger partial charge in [-0.3, -0.25) is 0 Å². The summed E-state index contributed by atoms with van der Waals surface area (Å²) in [6.45, 7) is 2.86. The van der Waals surface area contributed by atoms with Gasteiger partial charge in [0.2, 0.25) is 0 Å². The van der Waals surface area contributed by atoms with Crippen LogP contribution in [0, 0.1) is 0 Å². The number of hydrogen-bond donors (Lipinski definition) is 1. The number of halogens is 3. The number of aryl methyl sites for hydroxylation is 1. The average molecular weight is 283 g/mol. The van der Waals surface area contributed by atoms with Crippen LogP contribution in [0.25, 0.3) is 0 Å². The van der Waals surface area contributed by atoms with Crippen LogP contribution < -0.4 is 5.32 Å². The van der Waals surface area contributed by atoms with Gasteiger partial charge in [0.05, 0.1) is 12.1 Å². The molecule has 0 saturated heterocycles. The van der Waals surface area contributed by atoms with Crippen LogP contribution in [-0.4, -0.2) is 0 Å². The standard InChI is InChI=1S/C15H16F3NO/c1-2-13-6-7-14(20-13)10-19-9-11-4-3-5-12(8-11)15(16,17)18/h3-8,19H,2,9-10H2,1H3. The van der Waals surface area contributed by atoms with Gasteiger partial charge in [-0.25, -0.2) is 0 Å². The zero-order valence-corrected chi connectivity index (χ0v) is 11.1. The molecule has 1 N–H and O–H groups in total. The molecule has 108 valence electrons. The van der Waals surface area contributed by atoms with Crippen molar-refractivity contribution in [2.75, 3.05) is 0 Å². The van der Waals surface area contributed by atoms with Crippen molar-refractivity contribution in [1.29, 1.82) is 0 Å². The van der Waals surface area contributed by atoms with Gasteiger partial charge in [0.15, 0.2) is 0 Å². The monoisotopic (exact) mass is 283 g/mol. The minimum atomic E-state index is -4.30. The van der Waals surface area contributed by atoms with E-state index in [0.717, 1.165) is 30.1 Å². The van der Waals surface area contributed by atoms with E-state index in [0.29, 0.717) is 18.7 Å². The van der Waals surface area contributed by atoms with E-state index in [1.54, 1.807) is 6.07 Å². The zero-order valence-electron chi connectivity index (χ0n) is 11.1. The summed E-state index contributed by atoms with van der Waals surface area (Å²) in [5.74, 6) is 1.69. The van der Waals surface area contributed by atoms with Crippen LogP contribution in [-0.2, 0) is 25.7 Å². The van der Waals surface area contributed by atoms with Crippen molar-refractivity contribution in [2.45, 2.75) is 32.6 Å². The zero-order chi connectivity index (χ0) is 14.6. The van der Waals surface area contributed by atoms with E-state index in [4.69, 9.17) is 4.42 Å². The van der Waals surface area contributed by atoms with Crippen molar-refractivity contribution in [2.24, 2.45) is 0 Å². The third-order valence-corrected chi connectivity index (χ3v) is 2.95. The highest BCUT2D eigenvalue weighted by Crippen LogP contribution is 2.29. The highest BCUT2D eigenvalue weighted by molar-refractivity contribution is 5.25. The second-order valence-electron chi connectivity index (χ2n) is 4.52. The van der Waals surface area contributed by atoms with Crippen LogP contribution >= 0.6 is 0 Å². The molecule has 1 aromatic carbocycles. The number of furan rings is 1. The van der Waals surface area contributed by atoms with Gasteiger partial charge in [0.1, 0.15) is 11.5 Å². The topological polar surface area (TPSA) is 25.2 Å². The van der Waals surface area contributed by atoms with E-state index in [-0.39, 0.29) is 0 Å². The lowest BCUT2D eigenvalue weighted by atomic mass is 10.1. The fourth-order valence-corrected chi connectivity index (χ4v) is 1.90. The second kappa shape index (κ2) is 6.13. The molecule has 2 aromatic rings. The van der Waals surface area contributed by atoms with Crippen molar-refractivity contribution in [3.05, 3.63) is 59.0 Å². The van der Waals surface area contributed by atoms with Crippen molar-refractivity contribution in [1.82, 2.24) is 5.32 Å². The van der Waals surface area contributed by atoms with Gasteiger partial charge < -0.3 is 9.73 Å². The molecule has 0 spiro atoms. The van der Waals surface area contributed by atoms with Gasteiger partial charge in [-0.2, -0.15) is 13.2 Å². The lowest BCUT2D eigenvalue weighted by Gasteiger charge is -2.09. The molecule has 0 aliphatic heterocycles. The minimum Gasteiger partial charge on any atom is -0.465 e.